The Labute approximate surface area is 138 Å². The zero-order valence-corrected chi connectivity index (χ0v) is 14.4. The number of hydrogen-bond donors (Lipinski definition) is 1. The van der Waals surface area contributed by atoms with Crippen molar-refractivity contribution >= 4 is 11.9 Å². The van der Waals surface area contributed by atoms with E-state index in [1.165, 1.54) is 5.56 Å². The Balaban J connectivity index is 1.93. The standard InChI is InChI=1S/C17H26N4O2/c1-18-17(19-11-16(22)20(2)3)21-10-9-14(12-21)13-5-7-15(23-4)8-6-13/h5-8,14H,9-12H2,1-4H3,(H,18,19). The van der Waals surface area contributed by atoms with Crippen LogP contribution in [0.5, 0.6) is 5.75 Å². The number of guanidine groups is 1. The van der Waals surface area contributed by atoms with Crippen molar-refractivity contribution in [1.82, 2.24) is 15.1 Å². The average Bonchev–Trinajstić information content (AvgIpc) is 3.05. The molecule has 0 radical (unpaired) electrons. The molecular formula is C17H26N4O2. The van der Waals surface area contributed by atoms with Gasteiger partial charge in [-0.3, -0.25) is 9.79 Å². The minimum Gasteiger partial charge on any atom is -0.497 e. The third-order valence-electron chi connectivity index (χ3n) is 4.18. The molecule has 0 aliphatic carbocycles. The zero-order chi connectivity index (χ0) is 16.8. The van der Waals surface area contributed by atoms with Gasteiger partial charge in [0.1, 0.15) is 5.75 Å². The van der Waals surface area contributed by atoms with Crippen molar-refractivity contribution in [3.05, 3.63) is 29.8 Å². The number of nitrogens with one attached hydrogen (secondary N) is 1. The summed E-state index contributed by atoms with van der Waals surface area (Å²) in [6.45, 7) is 2.11. The SMILES string of the molecule is CN=C(NCC(=O)N(C)C)N1CCC(c2ccc(OC)cc2)C1. The molecule has 23 heavy (non-hydrogen) atoms. The lowest BCUT2D eigenvalue weighted by Gasteiger charge is -2.22. The fourth-order valence-electron chi connectivity index (χ4n) is 2.75. The maximum absolute atomic E-state index is 11.7. The maximum Gasteiger partial charge on any atom is 0.241 e. The summed E-state index contributed by atoms with van der Waals surface area (Å²) in [4.78, 5) is 19.8. The van der Waals surface area contributed by atoms with Crippen LogP contribution in [-0.4, -0.2) is 69.6 Å². The van der Waals surface area contributed by atoms with E-state index >= 15 is 0 Å². The van der Waals surface area contributed by atoms with E-state index in [4.69, 9.17) is 4.74 Å². The van der Waals surface area contributed by atoms with Crippen LogP contribution in [0.1, 0.15) is 17.9 Å². The Morgan fingerprint density at radius 3 is 2.65 bits per heavy atom. The van der Waals surface area contributed by atoms with Gasteiger partial charge < -0.3 is 19.9 Å². The Morgan fingerprint density at radius 1 is 1.39 bits per heavy atom. The minimum absolute atomic E-state index is 0.0389. The number of methoxy groups -OCH3 is 1. The monoisotopic (exact) mass is 318 g/mol. The number of likely N-dealkylation sites (N-methyl/N-ethyl adjacent to an activating group) is 1. The van der Waals surface area contributed by atoms with Crippen molar-refractivity contribution < 1.29 is 9.53 Å². The van der Waals surface area contributed by atoms with Crippen LogP contribution >= 0.6 is 0 Å². The molecule has 1 atom stereocenters. The Bertz CT molecular complexity index is 554. The molecule has 1 aliphatic heterocycles. The van der Waals surface area contributed by atoms with Gasteiger partial charge in [-0.25, -0.2) is 0 Å². The van der Waals surface area contributed by atoms with Crippen molar-refractivity contribution in [2.45, 2.75) is 12.3 Å². The van der Waals surface area contributed by atoms with Crippen molar-refractivity contribution in [3.63, 3.8) is 0 Å². The van der Waals surface area contributed by atoms with Crippen LogP contribution < -0.4 is 10.1 Å². The number of nitrogens with zero attached hydrogens (tertiary/aromatic N) is 3. The predicted molar refractivity (Wildman–Crippen MR) is 92.0 cm³/mol. The number of hydrogen-bond acceptors (Lipinski definition) is 3. The van der Waals surface area contributed by atoms with Crippen LogP contribution in [0.4, 0.5) is 0 Å². The Morgan fingerprint density at radius 2 is 2.09 bits per heavy atom. The van der Waals surface area contributed by atoms with E-state index in [2.05, 4.69) is 27.3 Å². The lowest BCUT2D eigenvalue weighted by Crippen LogP contribution is -2.44. The van der Waals surface area contributed by atoms with Gasteiger partial charge in [-0.15, -0.1) is 0 Å². The first-order valence-electron chi connectivity index (χ1n) is 7.85. The summed E-state index contributed by atoms with van der Waals surface area (Å²) in [5.74, 6) is 2.18. The van der Waals surface area contributed by atoms with Gasteiger partial charge in [0.25, 0.3) is 0 Å². The summed E-state index contributed by atoms with van der Waals surface area (Å²) in [7, 11) is 6.94. The quantitative estimate of drug-likeness (QED) is 0.668. The van der Waals surface area contributed by atoms with E-state index in [-0.39, 0.29) is 12.5 Å². The first-order valence-corrected chi connectivity index (χ1v) is 7.85. The molecule has 1 heterocycles. The number of carbonyl (C=O) groups excluding carboxylic acids is 1. The van der Waals surface area contributed by atoms with E-state index in [0.717, 1.165) is 31.2 Å². The molecule has 2 rings (SSSR count). The number of amides is 1. The third-order valence-corrected chi connectivity index (χ3v) is 4.18. The highest BCUT2D eigenvalue weighted by Gasteiger charge is 2.26. The topological polar surface area (TPSA) is 57.2 Å². The second-order valence-electron chi connectivity index (χ2n) is 5.89. The first-order chi connectivity index (χ1) is 11.0. The van der Waals surface area contributed by atoms with Crippen LogP contribution in [-0.2, 0) is 4.79 Å². The average molecular weight is 318 g/mol. The molecule has 1 aromatic carbocycles. The first kappa shape index (κ1) is 17.1. The number of aliphatic imine (C=N–C) groups is 1. The summed E-state index contributed by atoms with van der Waals surface area (Å²) in [6, 6.07) is 8.25. The van der Waals surface area contributed by atoms with Crippen LogP contribution in [0.15, 0.2) is 29.3 Å². The lowest BCUT2D eigenvalue weighted by atomic mass is 9.98. The number of rotatable bonds is 4. The number of benzene rings is 1. The fourth-order valence-corrected chi connectivity index (χ4v) is 2.75. The van der Waals surface area contributed by atoms with Crippen LogP contribution in [0, 0.1) is 0 Å². The van der Waals surface area contributed by atoms with E-state index in [1.54, 1.807) is 33.2 Å². The van der Waals surface area contributed by atoms with E-state index in [9.17, 15) is 4.79 Å². The van der Waals surface area contributed by atoms with Crippen LogP contribution in [0.25, 0.3) is 0 Å². The molecule has 1 saturated heterocycles. The van der Waals surface area contributed by atoms with Crippen molar-refractivity contribution in [2.75, 3.05) is 47.9 Å². The van der Waals surface area contributed by atoms with Gasteiger partial charge in [0, 0.05) is 40.2 Å². The molecule has 1 aliphatic rings. The molecule has 6 nitrogen and oxygen atoms in total. The molecule has 126 valence electrons. The molecule has 6 heteroatoms. The third kappa shape index (κ3) is 4.37. The molecular weight excluding hydrogens is 292 g/mol. The number of carbonyl (C=O) groups is 1. The van der Waals surface area contributed by atoms with Gasteiger partial charge in [-0.2, -0.15) is 0 Å². The molecule has 1 amide bonds. The van der Waals surface area contributed by atoms with Crippen molar-refractivity contribution in [3.8, 4) is 5.75 Å². The van der Waals surface area contributed by atoms with E-state index in [1.807, 2.05) is 12.1 Å². The zero-order valence-electron chi connectivity index (χ0n) is 14.4. The highest BCUT2D eigenvalue weighted by atomic mass is 16.5. The number of ether oxygens (including phenoxy) is 1. The summed E-state index contributed by atoms with van der Waals surface area (Å²) >= 11 is 0. The van der Waals surface area contributed by atoms with Gasteiger partial charge >= 0.3 is 0 Å². The van der Waals surface area contributed by atoms with Crippen LogP contribution in [0.3, 0.4) is 0 Å². The smallest absolute Gasteiger partial charge is 0.241 e. The summed E-state index contributed by atoms with van der Waals surface area (Å²) in [5, 5.41) is 3.15. The second-order valence-corrected chi connectivity index (χ2v) is 5.89. The maximum atomic E-state index is 11.7. The van der Waals surface area contributed by atoms with E-state index < -0.39 is 0 Å². The highest BCUT2D eigenvalue weighted by Crippen LogP contribution is 2.28. The van der Waals surface area contributed by atoms with Crippen molar-refractivity contribution in [2.24, 2.45) is 4.99 Å². The molecule has 0 spiro atoms. The van der Waals surface area contributed by atoms with E-state index in [0.29, 0.717) is 5.92 Å². The summed E-state index contributed by atoms with van der Waals surface area (Å²) in [6.07, 6.45) is 1.08. The molecule has 0 saturated carbocycles. The summed E-state index contributed by atoms with van der Waals surface area (Å²) in [5.41, 5.74) is 1.31. The Hall–Kier alpha value is -2.24. The number of likely N-dealkylation sites (tertiary alicyclic amines) is 1. The fraction of sp³-hybridized carbons (Fsp3) is 0.529. The minimum atomic E-state index is 0.0389. The van der Waals surface area contributed by atoms with Crippen LogP contribution in [0.2, 0.25) is 0 Å². The molecule has 1 aromatic rings. The van der Waals surface area contributed by atoms with Gasteiger partial charge in [0.15, 0.2) is 5.96 Å². The largest absolute Gasteiger partial charge is 0.497 e. The van der Waals surface area contributed by atoms with Gasteiger partial charge in [0.05, 0.1) is 13.7 Å². The summed E-state index contributed by atoms with van der Waals surface area (Å²) < 4.78 is 5.21. The van der Waals surface area contributed by atoms with Gasteiger partial charge in [0.2, 0.25) is 5.91 Å². The Kier molecular flexibility index (Phi) is 5.84. The lowest BCUT2D eigenvalue weighted by molar-refractivity contribution is -0.127. The second kappa shape index (κ2) is 7.85. The predicted octanol–water partition coefficient (Wildman–Crippen LogP) is 1.15. The molecule has 1 fully saturated rings. The molecule has 1 N–H and O–H groups in total. The molecule has 0 bridgehead atoms. The van der Waals surface area contributed by atoms with Gasteiger partial charge in [-0.1, -0.05) is 12.1 Å². The van der Waals surface area contributed by atoms with Gasteiger partial charge in [-0.05, 0) is 24.1 Å². The highest BCUT2D eigenvalue weighted by molar-refractivity contribution is 5.86. The molecule has 0 aromatic heterocycles. The normalized spacial score (nSPS) is 18.0. The molecule has 1 unspecified atom stereocenters. The van der Waals surface area contributed by atoms with Crippen molar-refractivity contribution in [1.29, 1.82) is 0 Å².